The van der Waals surface area contributed by atoms with Crippen molar-refractivity contribution in [2.75, 3.05) is 36.5 Å². The molecule has 2 aliphatic heterocycles. The van der Waals surface area contributed by atoms with E-state index in [4.69, 9.17) is 9.47 Å². The number of ether oxygens (including phenoxy) is 2. The van der Waals surface area contributed by atoms with Crippen molar-refractivity contribution in [1.29, 1.82) is 0 Å². The van der Waals surface area contributed by atoms with Crippen molar-refractivity contribution < 1.29 is 14.3 Å². The number of nitrogens with one attached hydrogen (secondary N) is 1. The molecule has 0 radical (unpaired) electrons. The van der Waals surface area contributed by atoms with Gasteiger partial charge in [0.15, 0.2) is 5.79 Å². The minimum atomic E-state index is -0.396. The second-order valence-electron chi connectivity index (χ2n) is 7.32. The number of rotatable bonds is 3. The van der Waals surface area contributed by atoms with E-state index in [1.807, 2.05) is 38.1 Å². The fourth-order valence-corrected chi connectivity index (χ4v) is 3.87. The third-order valence-corrected chi connectivity index (χ3v) is 5.16. The van der Waals surface area contributed by atoms with E-state index in [9.17, 15) is 4.79 Å². The summed E-state index contributed by atoms with van der Waals surface area (Å²) in [6.45, 7) is 7.06. The molecule has 2 aliphatic rings. The Morgan fingerprint density at radius 3 is 2.41 bits per heavy atom. The van der Waals surface area contributed by atoms with Crippen LogP contribution in [-0.2, 0) is 9.47 Å². The van der Waals surface area contributed by atoms with Crippen LogP contribution in [0.1, 0.15) is 34.5 Å². The van der Waals surface area contributed by atoms with Gasteiger partial charge in [0.1, 0.15) is 5.69 Å². The highest BCUT2D eigenvalue weighted by Crippen LogP contribution is 2.33. The molecule has 4 rings (SSSR count). The van der Waals surface area contributed by atoms with Crippen molar-refractivity contribution in [3.8, 4) is 0 Å². The van der Waals surface area contributed by atoms with Crippen molar-refractivity contribution >= 4 is 17.3 Å². The molecule has 27 heavy (non-hydrogen) atoms. The van der Waals surface area contributed by atoms with Gasteiger partial charge in [0.05, 0.1) is 13.2 Å². The molecule has 3 heterocycles. The highest BCUT2D eigenvalue weighted by Gasteiger charge is 2.39. The molecule has 0 saturated carbocycles. The normalized spacial score (nSPS) is 18.7. The predicted molar refractivity (Wildman–Crippen MR) is 104 cm³/mol. The number of benzene rings is 1. The maximum Gasteiger partial charge on any atom is 0.274 e. The summed E-state index contributed by atoms with van der Waals surface area (Å²) in [6, 6.07) is 9.80. The molecule has 1 N–H and O–H groups in total. The minimum absolute atomic E-state index is 0.196. The van der Waals surface area contributed by atoms with Gasteiger partial charge in [0.25, 0.3) is 5.91 Å². The van der Waals surface area contributed by atoms with E-state index >= 15 is 0 Å². The highest BCUT2D eigenvalue weighted by molar-refractivity contribution is 6.03. The Morgan fingerprint density at radius 2 is 1.74 bits per heavy atom. The monoisotopic (exact) mass is 367 g/mol. The summed E-state index contributed by atoms with van der Waals surface area (Å²) in [5, 5.41) is 2.95. The zero-order valence-electron chi connectivity index (χ0n) is 15.8. The van der Waals surface area contributed by atoms with Crippen LogP contribution in [0, 0.1) is 13.8 Å². The summed E-state index contributed by atoms with van der Waals surface area (Å²) in [7, 11) is 0. The van der Waals surface area contributed by atoms with Crippen LogP contribution in [-0.4, -0.2) is 43.0 Å². The molecule has 142 valence electrons. The van der Waals surface area contributed by atoms with Crippen molar-refractivity contribution in [2.45, 2.75) is 32.5 Å². The van der Waals surface area contributed by atoms with E-state index in [0.29, 0.717) is 18.9 Å². The largest absolute Gasteiger partial charge is 0.371 e. The number of pyridine rings is 1. The third-order valence-electron chi connectivity index (χ3n) is 5.16. The van der Waals surface area contributed by atoms with Gasteiger partial charge in [-0.05, 0) is 49.2 Å². The molecule has 0 bridgehead atoms. The van der Waals surface area contributed by atoms with Crippen molar-refractivity contribution in [1.82, 2.24) is 4.98 Å². The van der Waals surface area contributed by atoms with Gasteiger partial charge >= 0.3 is 0 Å². The second-order valence-corrected chi connectivity index (χ2v) is 7.32. The van der Waals surface area contributed by atoms with Crippen LogP contribution in [0.4, 0.5) is 11.4 Å². The molecule has 6 nitrogen and oxygen atoms in total. The second kappa shape index (κ2) is 7.29. The number of piperidine rings is 1. The molecular formula is C21H25N3O3. The lowest BCUT2D eigenvalue weighted by atomic mass is 10.0. The average molecular weight is 367 g/mol. The SMILES string of the molecule is Cc1cc(C)cc(NC(=O)c2cc(N3CCC4(CC3)OCCO4)ccn2)c1. The Labute approximate surface area is 159 Å². The van der Waals surface area contributed by atoms with E-state index in [-0.39, 0.29) is 5.91 Å². The molecule has 2 aromatic rings. The van der Waals surface area contributed by atoms with E-state index in [1.54, 1.807) is 6.20 Å². The first-order chi connectivity index (χ1) is 13.0. The van der Waals surface area contributed by atoms with E-state index in [0.717, 1.165) is 48.4 Å². The fourth-order valence-electron chi connectivity index (χ4n) is 3.87. The van der Waals surface area contributed by atoms with E-state index < -0.39 is 5.79 Å². The number of carbonyl (C=O) groups is 1. The van der Waals surface area contributed by atoms with Gasteiger partial charge in [-0.15, -0.1) is 0 Å². The van der Waals surface area contributed by atoms with E-state index in [1.165, 1.54) is 0 Å². The zero-order chi connectivity index (χ0) is 18.9. The Bertz CT molecular complexity index is 816. The Morgan fingerprint density at radius 1 is 1.07 bits per heavy atom. The number of aromatic nitrogens is 1. The molecule has 1 aromatic heterocycles. The molecule has 0 atom stereocenters. The van der Waals surface area contributed by atoms with Crippen LogP contribution >= 0.6 is 0 Å². The number of hydrogen-bond acceptors (Lipinski definition) is 5. The lowest BCUT2D eigenvalue weighted by molar-refractivity contribution is -0.169. The van der Waals surface area contributed by atoms with Crippen LogP contribution < -0.4 is 10.2 Å². The summed E-state index contributed by atoms with van der Waals surface area (Å²) >= 11 is 0. The molecule has 6 heteroatoms. The maximum atomic E-state index is 12.6. The van der Waals surface area contributed by atoms with Gasteiger partial charge in [-0.25, -0.2) is 0 Å². The van der Waals surface area contributed by atoms with Crippen molar-refractivity contribution in [3.63, 3.8) is 0 Å². The quantitative estimate of drug-likeness (QED) is 0.902. The summed E-state index contributed by atoms with van der Waals surface area (Å²) in [5.74, 6) is -0.593. The van der Waals surface area contributed by atoms with Gasteiger partial charge < -0.3 is 19.7 Å². The first kappa shape index (κ1) is 17.9. The zero-order valence-corrected chi connectivity index (χ0v) is 15.8. The molecule has 1 aromatic carbocycles. The molecule has 0 unspecified atom stereocenters. The van der Waals surface area contributed by atoms with Gasteiger partial charge in [-0.3, -0.25) is 9.78 Å². The van der Waals surface area contributed by atoms with Crippen LogP contribution in [0.25, 0.3) is 0 Å². The number of carbonyl (C=O) groups excluding carboxylic acids is 1. The first-order valence-electron chi connectivity index (χ1n) is 9.42. The van der Waals surface area contributed by atoms with Crippen LogP contribution in [0.15, 0.2) is 36.5 Å². The Balaban J connectivity index is 1.45. The van der Waals surface area contributed by atoms with Gasteiger partial charge in [0.2, 0.25) is 0 Å². The third kappa shape index (κ3) is 3.96. The molecule has 2 saturated heterocycles. The molecule has 1 amide bonds. The van der Waals surface area contributed by atoms with Gasteiger partial charge in [0, 0.05) is 43.5 Å². The summed E-state index contributed by atoms with van der Waals surface area (Å²) in [6.07, 6.45) is 3.36. The average Bonchev–Trinajstić information content (AvgIpc) is 3.09. The predicted octanol–water partition coefficient (Wildman–Crippen LogP) is 3.29. The Kier molecular flexibility index (Phi) is 4.85. The van der Waals surface area contributed by atoms with Crippen LogP contribution in [0.2, 0.25) is 0 Å². The molecule has 0 aliphatic carbocycles. The number of aryl methyl sites for hydroxylation is 2. The first-order valence-corrected chi connectivity index (χ1v) is 9.42. The molecule has 1 spiro atoms. The molecule has 2 fully saturated rings. The lowest BCUT2D eigenvalue weighted by Crippen LogP contribution is -2.45. The van der Waals surface area contributed by atoms with Gasteiger partial charge in [-0.1, -0.05) is 6.07 Å². The van der Waals surface area contributed by atoms with Crippen molar-refractivity contribution in [2.24, 2.45) is 0 Å². The standard InChI is InChI=1S/C21H25N3O3/c1-15-11-16(2)13-17(12-15)23-20(25)19-14-18(3-6-22-19)24-7-4-21(5-8-24)26-9-10-27-21/h3,6,11-14H,4-5,7-10H2,1-2H3,(H,23,25). The topological polar surface area (TPSA) is 63.7 Å². The molecular weight excluding hydrogens is 342 g/mol. The van der Waals surface area contributed by atoms with Crippen molar-refractivity contribution in [3.05, 3.63) is 53.3 Å². The summed E-state index contributed by atoms with van der Waals surface area (Å²) < 4.78 is 11.6. The fraction of sp³-hybridized carbons (Fsp3) is 0.429. The van der Waals surface area contributed by atoms with Crippen LogP contribution in [0.5, 0.6) is 0 Å². The number of amides is 1. The number of nitrogens with zero attached hydrogens (tertiary/aromatic N) is 2. The number of hydrogen-bond donors (Lipinski definition) is 1. The lowest BCUT2D eigenvalue weighted by Gasteiger charge is -2.38. The number of anilines is 2. The van der Waals surface area contributed by atoms with E-state index in [2.05, 4.69) is 21.3 Å². The Hall–Kier alpha value is -2.44. The van der Waals surface area contributed by atoms with Crippen LogP contribution in [0.3, 0.4) is 0 Å². The highest BCUT2D eigenvalue weighted by atomic mass is 16.7. The summed E-state index contributed by atoms with van der Waals surface area (Å²) in [5.41, 5.74) is 4.44. The smallest absolute Gasteiger partial charge is 0.274 e. The minimum Gasteiger partial charge on any atom is -0.371 e. The summed E-state index contributed by atoms with van der Waals surface area (Å²) in [4.78, 5) is 19.2. The maximum absolute atomic E-state index is 12.6. The van der Waals surface area contributed by atoms with Gasteiger partial charge in [-0.2, -0.15) is 0 Å².